The molecule has 1 heterocycles. The summed E-state index contributed by atoms with van der Waals surface area (Å²) in [5.41, 5.74) is 1.22. The lowest BCUT2D eigenvalue weighted by Crippen LogP contribution is -2.23. The highest BCUT2D eigenvalue weighted by atomic mass is 16.5. The highest BCUT2D eigenvalue weighted by molar-refractivity contribution is 5.17. The second-order valence-corrected chi connectivity index (χ2v) is 4.43. The summed E-state index contributed by atoms with van der Waals surface area (Å²) in [7, 11) is 1.95. The highest BCUT2D eigenvalue weighted by Gasteiger charge is 2.18. The van der Waals surface area contributed by atoms with Gasteiger partial charge in [-0.3, -0.25) is 0 Å². The summed E-state index contributed by atoms with van der Waals surface area (Å²) in [6, 6.07) is 10.3. The number of ether oxygens (including phenoxy) is 2. The maximum absolute atomic E-state index is 5.96. The van der Waals surface area contributed by atoms with Crippen LogP contribution in [0.1, 0.15) is 24.5 Å². The predicted molar refractivity (Wildman–Crippen MR) is 68.0 cm³/mol. The molecule has 3 heteroatoms. The third-order valence-electron chi connectivity index (χ3n) is 3.07. The summed E-state index contributed by atoms with van der Waals surface area (Å²) in [5.74, 6) is 0. The molecule has 0 bridgehead atoms. The highest BCUT2D eigenvalue weighted by Crippen LogP contribution is 2.19. The summed E-state index contributed by atoms with van der Waals surface area (Å²) < 4.78 is 11.5. The quantitative estimate of drug-likeness (QED) is 0.819. The molecule has 0 saturated carbocycles. The van der Waals surface area contributed by atoms with E-state index in [2.05, 4.69) is 17.4 Å². The maximum Gasteiger partial charge on any atom is 0.0950 e. The number of nitrogens with one attached hydrogen (secondary N) is 1. The van der Waals surface area contributed by atoms with Crippen molar-refractivity contribution < 1.29 is 9.47 Å². The van der Waals surface area contributed by atoms with Crippen LogP contribution >= 0.6 is 0 Å². The second kappa shape index (κ2) is 6.74. The van der Waals surface area contributed by atoms with Gasteiger partial charge in [-0.25, -0.2) is 0 Å². The summed E-state index contributed by atoms with van der Waals surface area (Å²) in [4.78, 5) is 0. The summed E-state index contributed by atoms with van der Waals surface area (Å²) in [6.45, 7) is 2.41. The van der Waals surface area contributed by atoms with Crippen LogP contribution in [0.15, 0.2) is 30.3 Å². The zero-order valence-corrected chi connectivity index (χ0v) is 10.4. The van der Waals surface area contributed by atoms with Crippen molar-refractivity contribution in [3.05, 3.63) is 35.9 Å². The topological polar surface area (TPSA) is 30.5 Å². The van der Waals surface area contributed by atoms with E-state index in [0.717, 1.165) is 26.0 Å². The molecule has 2 rings (SSSR count). The third kappa shape index (κ3) is 3.80. The van der Waals surface area contributed by atoms with Crippen molar-refractivity contribution >= 4 is 0 Å². The van der Waals surface area contributed by atoms with Crippen molar-refractivity contribution in [2.45, 2.75) is 25.0 Å². The van der Waals surface area contributed by atoms with E-state index in [1.165, 1.54) is 5.56 Å². The summed E-state index contributed by atoms with van der Waals surface area (Å²) in [6.07, 6.45) is 2.69. The van der Waals surface area contributed by atoms with E-state index in [0.29, 0.717) is 6.61 Å². The van der Waals surface area contributed by atoms with Gasteiger partial charge in [-0.05, 0) is 25.5 Å². The molecule has 1 aliphatic heterocycles. The molecule has 1 saturated heterocycles. The van der Waals surface area contributed by atoms with Crippen LogP contribution in [0.3, 0.4) is 0 Å². The Bertz CT molecular complexity index is 309. The third-order valence-corrected chi connectivity index (χ3v) is 3.07. The van der Waals surface area contributed by atoms with Gasteiger partial charge in [-0.1, -0.05) is 30.3 Å². The van der Waals surface area contributed by atoms with Crippen LogP contribution in [0.5, 0.6) is 0 Å². The lowest BCUT2D eigenvalue weighted by Gasteiger charge is -2.20. The fourth-order valence-electron chi connectivity index (χ4n) is 2.13. The van der Waals surface area contributed by atoms with Gasteiger partial charge in [0, 0.05) is 13.2 Å². The van der Waals surface area contributed by atoms with Crippen molar-refractivity contribution in [3.63, 3.8) is 0 Å². The van der Waals surface area contributed by atoms with Gasteiger partial charge in [0.15, 0.2) is 0 Å². The Morgan fingerprint density at radius 3 is 2.88 bits per heavy atom. The Hall–Kier alpha value is -0.900. The Kier molecular flexibility index (Phi) is 4.98. The molecule has 17 heavy (non-hydrogen) atoms. The molecule has 0 aliphatic carbocycles. The van der Waals surface area contributed by atoms with Gasteiger partial charge in [0.2, 0.25) is 0 Å². The van der Waals surface area contributed by atoms with Crippen LogP contribution < -0.4 is 5.32 Å². The van der Waals surface area contributed by atoms with E-state index in [1.807, 2.05) is 25.2 Å². The number of rotatable bonds is 6. The maximum atomic E-state index is 5.96. The van der Waals surface area contributed by atoms with Crippen molar-refractivity contribution in [3.8, 4) is 0 Å². The van der Waals surface area contributed by atoms with Crippen LogP contribution in [0.25, 0.3) is 0 Å². The largest absolute Gasteiger partial charge is 0.376 e. The van der Waals surface area contributed by atoms with Gasteiger partial charge in [-0.15, -0.1) is 0 Å². The summed E-state index contributed by atoms with van der Waals surface area (Å²) >= 11 is 0. The molecule has 1 aromatic carbocycles. The van der Waals surface area contributed by atoms with Gasteiger partial charge >= 0.3 is 0 Å². The normalized spacial score (nSPS) is 21.6. The zero-order valence-electron chi connectivity index (χ0n) is 10.4. The van der Waals surface area contributed by atoms with Gasteiger partial charge in [-0.2, -0.15) is 0 Å². The van der Waals surface area contributed by atoms with E-state index in [1.54, 1.807) is 0 Å². The average Bonchev–Trinajstić information content (AvgIpc) is 2.88. The first-order valence-corrected chi connectivity index (χ1v) is 6.33. The molecule has 94 valence electrons. The van der Waals surface area contributed by atoms with Crippen LogP contribution in [-0.4, -0.2) is 32.9 Å². The number of hydrogen-bond acceptors (Lipinski definition) is 3. The fraction of sp³-hybridized carbons (Fsp3) is 0.571. The minimum absolute atomic E-state index is 0.116. The summed E-state index contributed by atoms with van der Waals surface area (Å²) in [5, 5.41) is 3.18. The lowest BCUT2D eigenvalue weighted by atomic mass is 10.1. The standard InChI is InChI=1S/C14H21NO2/c1-15-10-14(12-6-3-2-4-7-12)17-11-13-8-5-9-16-13/h2-4,6-7,13-15H,5,8-11H2,1H3. The van der Waals surface area contributed by atoms with Crippen molar-refractivity contribution in [2.75, 3.05) is 26.8 Å². The molecule has 0 radical (unpaired) electrons. The Morgan fingerprint density at radius 1 is 1.41 bits per heavy atom. The zero-order chi connectivity index (χ0) is 11.9. The predicted octanol–water partition coefficient (Wildman–Crippen LogP) is 2.14. The van der Waals surface area contributed by atoms with Crippen molar-refractivity contribution in [2.24, 2.45) is 0 Å². The fourth-order valence-corrected chi connectivity index (χ4v) is 2.13. The Morgan fingerprint density at radius 2 is 2.24 bits per heavy atom. The monoisotopic (exact) mass is 235 g/mol. The first kappa shape index (κ1) is 12.6. The SMILES string of the molecule is CNCC(OCC1CCCO1)c1ccccc1. The average molecular weight is 235 g/mol. The smallest absolute Gasteiger partial charge is 0.0950 e. The minimum Gasteiger partial charge on any atom is -0.376 e. The molecule has 3 nitrogen and oxygen atoms in total. The van der Waals surface area contributed by atoms with E-state index in [4.69, 9.17) is 9.47 Å². The minimum atomic E-state index is 0.116. The second-order valence-electron chi connectivity index (χ2n) is 4.43. The number of likely N-dealkylation sites (N-methyl/N-ethyl adjacent to an activating group) is 1. The molecule has 2 atom stereocenters. The van der Waals surface area contributed by atoms with Gasteiger partial charge in [0.1, 0.15) is 0 Å². The first-order valence-electron chi connectivity index (χ1n) is 6.33. The molecule has 1 aromatic rings. The Balaban J connectivity index is 1.88. The number of hydrogen-bond donors (Lipinski definition) is 1. The molecule has 0 amide bonds. The molecule has 0 spiro atoms. The van der Waals surface area contributed by atoms with Crippen LogP contribution in [0, 0.1) is 0 Å². The van der Waals surface area contributed by atoms with Gasteiger partial charge < -0.3 is 14.8 Å². The molecule has 2 unspecified atom stereocenters. The molecule has 1 aliphatic rings. The molecule has 1 N–H and O–H groups in total. The number of benzene rings is 1. The van der Waals surface area contributed by atoms with Crippen molar-refractivity contribution in [1.82, 2.24) is 5.32 Å². The van der Waals surface area contributed by atoms with Gasteiger partial charge in [0.05, 0.1) is 18.8 Å². The van der Waals surface area contributed by atoms with E-state index < -0.39 is 0 Å². The molecule has 1 fully saturated rings. The van der Waals surface area contributed by atoms with E-state index in [-0.39, 0.29) is 12.2 Å². The molecule has 0 aromatic heterocycles. The van der Waals surface area contributed by atoms with Crippen LogP contribution in [0.4, 0.5) is 0 Å². The van der Waals surface area contributed by atoms with Crippen molar-refractivity contribution in [1.29, 1.82) is 0 Å². The first-order chi connectivity index (χ1) is 8.40. The molecular formula is C14H21NO2. The Labute approximate surface area is 103 Å². The lowest BCUT2D eigenvalue weighted by molar-refractivity contribution is -0.0204. The van der Waals surface area contributed by atoms with E-state index in [9.17, 15) is 0 Å². The van der Waals surface area contributed by atoms with Gasteiger partial charge in [0.25, 0.3) is 0 Å². The molecular weight excluding hydrogens is 214 g/mol. The van der Waals surface area contributed by atoms with Crippen LogP contribution in [-0.2, 0) is 9.47 Å². The van der Waals surface area contributed by atoms with Crippen LogP contribution in [0.2, 0.25) is 0 Å². The van der Waals surface area contributed by atoms with E-state index >= 15 is 0 Å².